The van der Waals surface area contributed by atoms with Crippen LogP contribution in [0.25, 0.3) is 0 Å². The lowest BCUT2D eigenvalue weighted by Gasteiger charge is -2.58. The second-order valence-corrected chi connectivity index (χ2v) is 20.0. The molecule has 1 aromatic rings. The molecule has 2 aliphatic heterocycles. The number of carbonyl (C=O) groups is 3. The van der Waals surface area contributed by atoms with Gasteiger partial charge >= 0.3 is 11.9 Å². The third-order valence-electron chi connectivity index (χ3n) is 15.8. The number of ketones is 1. The van der Waals surface area contributed by atoms with E-state index in [0.29, 0.717) is 36.3 Å². The topological polar surface area (TPSA) is 206 Å². The Balaban J connectivity index is 1.16. The number of esters is 2. The second-order valence-electron chi connectivity index (χ2n) is 20.0. The first-order chi connectivity index (χ1) is 29.9. The molecule has 63 heavy (non-hydrogen) atoms. The van der Waals surface area contributed by atoms with Crippen molar-refractivity contribution in [3.63, 3.8) is 0 Å². The van der Waals surface area contributed by atoms with Crippen molar-refractivity contribution in [1.29, 1.82) is 0 Å². The van der Waals surface area contributed by atoms with E-state index in [-0.39, 0.29) is 58.4 Å². The first-order valence-electron chi connectivity index (χ1n) is 23.0. The van der Waals surface area contributed by atoms with Gasteiger partial charge in [-0.3, -0.25) is 9.59 Å². The maximum absolute atomic E-state index is 14.1. The molecule has 3 saturated carbocycles. The second kappa shape index (κ2) is 19.4. The summed E-state index contributed by atoms with van der Waals surface area (Å²) in [6.07, 6.45) is -2.84. The van der Waals surface area contributed by atoms with Gasteiger partial charge in [0.2, 0.25) is 0 Å². The van der Waals surface area contributed by atoms with Gasteiger partial charge in [0.25, 0.3) is 0 Å². The van der Waals surface area contributed by atoms with Gasteiger partial charge in [-0.15, -0.1) is 0 Å². The average Bonchev–Trinajstić information content (AvgIpc) is 3.55. The van der Waals surface area contributed by atoms with E-state index < -0.39 is 73.9 Å². The highest BCUT2D eigenvalue weighted by Gasteiger charge is 2.64. The number of fused-ring (bicyclic) bond motifs is 5. The highest BCUT2D eigenvalue weighted by atomic mass is 16.7. The van der Waals surface area contributed by atoms with Crippen LogP contribution in [0.3, 0.4) is 0 Å². The van der Waals surface area contributed by atoms with Crippen molar-refractivity contribution in [3.05, 3.63) is 35.4 Å². The molecule has 0 spiro atoms. The molecule has 4 N–H and O–H groups in total. The van der Waals surface area contributed by atoms with Gasteiger partial charge in [0.05, 0.1) is 45.2 Å². The third kappa shape index (κ3) is 9.45. The van der Waals surface area contributed by atoms with Crippen LogP contribution in [0.5, 0.6) is 11.5 Å². The van der Waals surface area contributed by atoms with E-state index in [1.165, 1.54) is 44.9 Å². The monoisotopic (exact) mass is 886 g/mol. The zero-order valence-electron chi connectivity index (χ0n) is 38.1. The molecule has 17 atom stereocenters. The standard InChI is InChI=1S/C48H70O15/c1-24(2)9-13-33(51)25(3)39-38(21-32-30-12-11-28-20-29(50)15-17-47(28,5)31(30)16-18-48(32,39)6)61-46-43(60-26(4)49)41(35(53)23-59-46)63-45-42(40(54)34(52)22-58-45)62-44(55)27-10-14-36(56-7)37(19-27)57-8/h10-11,14,19,24-25,29-32,34-35,38-43,45-46,50,52-54H,9,12-13,15-18,20-23H2,1-8H3/t25-,29+,30-,31+,32+,34-,35+,38+,39+,40+,41+,42-,43-,45+,46+,47+,48+/m1/s1. The van der Waals surface area contributed by atoms with Crippen molar-refractivity contribution in [2.75, 3.05) is 27.4 Å². The minimum atomic E-state index is -1.66. The van der Waals surface area contributed by atoms with Crippen molar-refractivity contribution in [3.8, 4) is 11.5 Å². The van der Waals surface area contributed by atoms with Crippen LogP contribution in [-0.2, 0) is 38.0 Å². The Morgan fingerprint density at radius 3 is 2.22 bits per heavy atom. The lowest BCUT2D eigenvalue weighted by molar-refractivity contribution is -0.340. The lowest BCUT2D eigenvalue weighted by Crippen LogP contribution is -2.62. The molecule has 352 valence electrons. The predicted molar refractivity (Wildman–Crippen MR) is 226 cm³/mol. The summed E-state index contributed by atoms with van der Waals surface area (Å²) < 4.78 is 47.6. The zero-order chi connectivity index (χ0) is 45.5. The van der Waals surface area contributed by atoms with Gasteiger partial charge in [-0.1, -0.05) is 46.3 Å². The van der Waals surface area contributed by atoms with Gasteiger partial charge < -0.3 is 58.3 Å². The van der Waals surface area contributed by atoms with E-state index in [0.717, 1.165) is 44.9 Å². The van der Waals surface area contributed by atoms with Gasteiger partial charge in [0.15, 0.2) is 36.3 Å². The molecule has 0 amide bonds. The van der Waals surface area contributed by atoms with Crippen LogP contribution in [0.1, 0.15) is 110 Å². The van der Waals surface area contributed by atoms with Crippen LogP contribution in [-0.4, -0.2) is 127 Å². The summed E-state index contributed by atoms with van der Waals surface area (Å²) in [6.45, 7) is 11.5. The van der Waals surface area contributed by atoms with E-state index in [1.807, 2.05) is 6.92 Å². The molecule has 0 bridgehead atoms. The number of benzene rings is 1. The van der Waals surface area contributed by atoms with Crippen molar-refractivity contribution >= 4 is 17.7 Å². The number of carbonyl (C=O) groups excluding carboxylic acids is 3. The molecule has 1 aromatic carbocycles. The maximum Gasteiger partial charge on any atom is 0.338 e. The largest absolute Gasteiger partial charge is 0.493 e. The van der Waals surface area contributed by atoms with Crippen LogP contribution in [0, 0.1) is 46.3 Å². The van der Waals surface area contributed by atoms with E-state index >= 15 is 0 Å². The lowest BCUT2D eigenvalue weighted by atomic mass is 9.47. The number of hydrogen-bond donors (Lipinski definition) is 4. The molecule has 2 saturated heterocycles. The van der Waals surface area contributed by atoms with Crippen LogP contribution in [0.15, 0.2) is 29.8 Å². The van der Waals surface area contributed by atoms with Crippen molar-refractivity contribution in [2.24, 2.45) is 46.3 Å². The molecule has 6 aliphatic rings. The molecule has 15 nitrogen and oxygen atoms in total. The van der Waals surface area contributed by atoms with Crippen LogP contribution < -0.4 is 9.47 Å². The van der Waals surface area contributed by atoms with E-state index in [4.69, 9.17) is 37.9 Å². The normalized spacial score (nSPS) is 40.4. The molecule has 2 heterocycles. The molecular formula is C48H70O15. The maximum atomic E-state index is 14.1. The Bertz CT molecular complexity index is 1830. The number of aliphatic hydroxyl groups excluding tert-OH is 4. The number of Topliss-reactive ketones (excluding diaryl/α,β-unsaturated/α-hetero) is 1. The first-order valence-corrected chi connectivity index (χ1v) is 23.0. The van der Waals surface area contributed by atoms with E-state index in [9.17, 15) is 34.8 Å². The van der Waals surface area contributed by atoms with Crippen LogP contribution in [0.4, 0.5) is 0 Å². The van der Waals surface area contributed by atoms with Crippen molar-refractivity contribution in [1.82, 2.24) is 0 Å². The number of ether oxygens (including phenoxy) is 8. The predicted octanol–water partition coefficient (Wildman–Crippen LogP) is 4.92. The zero-order valence-corrected chi connectivity index (χ0v) is 38.1. The van der Waals surface area contributed by atoms with Crippen molar-refractivity contribution < 1.29 is 72.7 Å². The van der Waals surface area contributed by atoms with Gasteiger partial charge in [-0.05, 0) is 104 Å². The van der Waals surface area contributed by atoms with E-state index in [2.05, 4.69) is 33.8 Å². The van der Waals surface area contributed by atoms with Crippen LogP contribution in [0.2, 0.25) is 0 Å². The van der Waals surface area contributed by atoms with E-state index in [1.54, 1.807) is 0 Å². The smallest absolute Gasteiger partial charge is 0.338 e. The third-order valence-corrected chi connectivity index (χ3v) is 15.8. The number of aliphatic hydroxyl groups is 4. The summed E-state index contributed by atoms with van der Waals surface area (Å²) in [6, 6.07) is 4.37. The minimum absolute atomic E-state index is 0.00270. The van der Waals surface area contributed by atoms with Crippen LogP contribution >= 0.6 is 0 Å². The Labute approximate surface area is 371 Å². The summed E-state index contributed by atoms with van der Waals surface area (Å²) in [5.74, 6) is 0.0587. The van der Waals surface area contributed by atoms with Gasteiger partial charge in [0, 0.05) is 25.2 Å². The summed E-state index contributed by atoms with van der Waals surface area (Å²) in [7, 11) is 2.87. The first kappa shape index (κ1) is 47.8. The minimum Gasteiger partial charge on any atom is -0.493 e. The Kier molecular flexibility index (Phi) is 14.7. The molecule has 0 aromatic heterocycles. The molecule has 0 unspecified atom stereocenters. The Morgan fingerprint density at radius 2 is 1.54 bits per heavy atom. The quantitative estimate of drug-likeness (QED) is 0.145. The summed E-state index contributed by atoms with van der Waals surface area (Å²) in [4.78, 5) is 40.5. The van der Waals surface area contributed by atoms with Gasteiger partial charge in [-0.25, -0.2) is 4.79 Å². The summed E-state index contributed by atoms with van der Waals surface area (Å²) in [5, 5.41) is 43.8. The molecular weight excluding hydrogens is 817 g/mol. The molecule has 15 heteroatoms. The van der Waals surface area contributed by atoms with Crippen molar-refractivity contribution in [2.45, 2.75) is 161 Å². The Morgan fingerprint density at radius 1 is 0.841 bits per heavy atom. The highest BCUT2D eigenvalue weighted by Crippen LogP contribution is 2.68. The van der Waals surface area contributed by atoms with Gasteiger partial charge in [-0.2, -0.15) is 0 Å². The number of hydrogen-bond acceptors (Lipinski definition) is 15. The molecule has 4 aliphatic carbocycles. The SMILES string of the molecule is COc1ccc(C(=O)O[C@H]2[C@H](O[C@@H]3[C@@H](OC(C)=O)[C@H](O[C@H]4C[C@H]5[C@@H]6CC=C7C[C@@H](O)CC[C@]7(C)[C@H]6CC[C@]5(C)[C@H]4[C@H](C)C(=O)CCC(C)C)OC[C@@H]3O)OC[C@@H](O)[C@@H]2O)cc1OC. The average molecular weight is 887 g/mol. The van der Waals surface area contributed by atoms with Gasteiger partial charge in [0.1, 0.15) is 30.2 Å². The molecule has 5 fully saturated rings. The fourth-order valence-corrected chi connectivity index (χ4v) is 12.4. The number of allylic oxidation sites excluding steroid dienone is 1. The number of rotatable bonds is 14. The highest BCUT2D eigenvalue weighted by molar-refractivity contribution is 5.90. The summed E-state index contributed by atoms with van der Waals surface area (Å²) >= 11 is 0. The number of methoxy groups -OCH3 is 2. The molecule has 7 rings (SSSR count). The fraction of sp³-hybridized carbons (Fsp3) is 0.771. The summed E-state index contributed by atoms with van der Waals surface area (Å²) in [5.41, 5.74) is 1.17. The Hall–Kier alpha value is -3.15. The fourth-order valence-electron chi connectivity index (χ4n) is 12.4. The molecule has 0 radical (unpaired) electrons.